The number of rotatable bonds is 5. The zero-order chi connectivity index (χ0) is 14.7. The molecule has 4 nitrogen and oxygen atoms in total. The highest BCUT2D eigenvalue weighted by atomic mass is 16.4. The molecular weight excluding hydrogens is 241 g/mol. The van der Waals surface area contributed by atoms with E-state index in [9.17, 15) is 4.79 Å². The maximum absolute atomic E-state index is 10.9. The first-order valence-corrected chi connectivity index (χ1v) is 6.24. The van der Waals surface area contributed by atoms with Crippen molar-refractivity contribution >= 4 is 18.9 Å². The lowest BCUT2D eigenvalue weighted by atomic mass is 9.75. The van der Waals surface area contributed by atoms with E-state index >= 15 is 0 Å². The summed E-state index contributed by atoms with van der Waals surface area (Å²) in [6.07, 6.45) is 0.349. The van der Waals surface area contributed by atoms with Crippen molar-refractivity contribution in [3.63, 3.8) is 0 Å². The van der Waals surface area contributed by atoms with Crippen molar-refractivity contribution in [3.05, 3.63) is 27.8 Å². The predicted molar refractivity (Wildman–Crippen MR) is 77.1 cm³/mol. The van der Waals surface area contributed by atoms with E-state index in [0.717, 1.165) is 33.3 Å². The molecule has 1 atom stereocenters. The van der Waals surface area contributed by atoms with Crippen LogP contribution < -0.4 is 11.2 Å². The van der Waals surface area contributed by atoms with Gasteiger partial charge in [0.15, 0.2) is 0 Å². The van der Waals surface area contributed by atoms with Gasteiger partial charge in [0.2, 0.25) is 0 Å². The molecule has 0 heterocycles. The third-order valence-corrected chi connectivity index (χ3v) is 3.82. The van der Waals surface area contributed by atoms with Crippen LogP contribution in [0.4, 0.5) is 0 Å². The minimum absolute atomic E-state index is 0.349. The molecular formula is C14H21BNO3. The highest BCUT2D eigenvalue weighted by Crippen LogP contribution is 2.21. The fourth-order valence-electron chi connectivity index (χ4n) is 2.33. The van der Waals surface area contributed by atoms with Gasteiger partial charge < -0.3 is 15.5 Å². The van der Waals surface area contributed by atoms with E-state index in [1.165, 1.54) is 0 Å². The lowest BCUT2D eigenvalue weighted by molar-refractivity contribution is -0.138. The molecule has 0 unspecified atom stereocenters. The fraction of sp³-hybridized carbons (Fsp3) is 0.500. The molecule has 3 N–H and O–H groups in total. The van der Waals surface area contributed by atoms with Crippen LogP contribution in [0.5, 0.6) is 0 Å². The van der Waals surface area contributed by atoms with Crippen LogP contribution in [0.2, 0.25) is 0 Å². The maximum Gasteiger partial charge on any atom is 0.330 e. The van der Waals surface area contributed by atoms with Crippen LogP contribution in [0.25, 0.3) is 0 Å². The van der Waals surface area contributed by atoms with Crippen molar-refractivity contribution in [2.24, 2.45) is 5.73 Å². The number of carbonyl (C=O) groups is 1. The van der Waals surface area contributed by atoms with Gasteiger partial charge in [0.25, 0.3) is 0 Å². The Balaban J connectivity index is 3.31. The first kappa shape index (κ1) is 15.7. The molecule has 103 valence electrons. The molecule has 0 bridgehead atoms. The molecule has 0 aliphatic carbocycles. The van der Waals surface area contributed by atoms with Gasteiger partial charge in [-0.3, -0.25) is 4.79 Å². The number of carboxylic acid groups (broad SMARTS) is 1. The SMILES string of the molecule is CO[B]c1c(C)c(C)c(C[C@H](N)C(=O)O)c(C)c1C. The second kappa shape index (κ2) is 6.22. The summed E-state index contributed by atoms with van der Waals surface area (Å²) in [4.78, 5) is 10.9. The number of hydrogen-bond acceptors (Lipinski definition) is 3. The summed E-state index contributed by atoms with van der Waals surface area (Å²) in [6.45, 7) is 8.03. The third-order valence-electron chi connectivity index (χ3n) is 3.82. The van der Waals surface area contributed by atoms with E-state index in [-0.39, 0.29) is 0 Å². The Bertz CT molecular complexity index is 471. The molecule has 0 saturated heterocycles. The van der Waals surface area contributed by atoms with Crippen LogP contribution >= 0.6 is 0 Å². The van der Waals surface area contributed by atoms with Gasteiger partial charge in [0.05, 0.1) is 0 Å². The molecule has 0 aliphatic rings. The van der Waals surface area contributed by atoms with Gasteiger partial charge in [-0.1, -0.05) is 11.1 Å². The summed E-state index contributed by atoms with van der Waals surface area (Å²) in [6, 6.07) is -0.867. The van der Waals surface area contributed by atoms with Crippen LogP contribution in [0.3, 0.4) is 0 Å². The molecule has 1 radical (unpaired) electrons. The van der Waals surface area contributed by atoms with E-state index in [4.69, 9.17) is 15.5 Å². The van der Waals surface area contributed by atoms with Crippen molar-refractivity contribution in [1.82, 2.24) is 0 Å². The quantitative estimate of drug-likeness (QED) is 0.768. The highest BCUT2D eigenvalue weighted by Gasteiger charge is 2.19. The molecule has 0 amide bonds. The van der Waals surface area contributed by atoms with Crippen molar-refractivity contribution in [2.75, 3.05) is 7.11 Å². The van der Waals surface area contributed by atoms with Crippen molar-refractivity contribution in [3.8, 4) is 0 Å². The highest BCUT2D eigenvalue weighted by molar-refractivity contribution is 6.48. The number of hydrogen-bond donors (Lipinski definition) is 2. The lowest BCUT2D eigenvalue weighted by Crippen LogP contribution is -2.34. The van der Waals surface area contributed by atoms with Gasteiger partial charge in [-0.25, -0.2) is 0 Å². The Morgan fingerprint density at radius 3 is 2.05 bits per heavy atom. The molecule has 1 aromatic rings. The van der Waals surface area contributed by atoms with Gasteiger partial charge in [0, 0.05) is 7.11 Å². The van der Waals surface area contributed by atoms with Crippen LogP contribution in [-0.2, 0) is 15.9 Å². The molecule has 1 rings (SSSR count). The molecule has 0 spiro atoms. The second-order valence-electron chi connectivity index (χ2n) is 4.89. The average Bonchev–Trinajstić information content (AvgIpc) is 2.37. The maximum atomic E-state index is 10.9. The summed E-state index contributed by atoms with van der Waals surface area (Å²) >= 11 is 0. The molecule has 0 saturated carbocycles. The van der Waals surface area contributed by atoms with Crippen molar-refractivity contribution < 1.29 is 14.6 Å². The van der Waals surface area contributed by atoms with E-state index in [1.807, 2.05) is 27.7 Å². The standard InChI is InChI=1S/C14H21BNO3/c1-7-9(3)13(15-19-5)10(4)8(2)11(7)6-12(16)14(17)18/h12H,6,16H2,1-5H3,(H,17,18)/t12-/m0/s1. The van der Waals surface area contributed by atoms with Gasteiger partial charge in [0.1, 0.15) is 6.04 Å². The van der Waals surface area contributed by atoms with Crippen LogP contribution in [0.15, 0.2) is 0 Å². The molecule has 0 aromatic heterocycles. The van der Waals surface area contributed by atoms with E-state index in [0.29, 0.717) is 6.42 Å². The largest absolute Gasteiger partial charge is 0.480 e. The number of nitrogens with two attached hydrogens (primary N) is 1. The summed E-state index contributed by atoms with van der Waals surface area (Å²) in [7, 11) is 3.35. The second-order valence-corrected chi connectivity index (χ2v) is 4.89. The average molecular weight is 262 g/mol. The minimum atomic E-state index is -0.971. The molecule has 1 aromatic carbocycles. The van der Waals surface area contributed by atoms with Crippen LogP contribution in [0, 0.1) is 27.7 Å². The topological polar surface area (TPSA) is 72.5 Å². The zero-order valence-corrected chi connectivity index (χ0v) is 12.2. The molecule has 19 heavy (non-hydrogen) atoms. The molecule has 0 fully saturated rings. The number of carboxylic acids is 1. The van der Waals surface area contributed by atoms with Gasteiger partial charge in [-0.2, -0.15) is 0 Å². The minimum Gasteiger partial charge on any atom is -0.480 e. The molecule has 5 heteroatoms. The van der Waals surface area contributed by atoms with E-state index < -0.39 is 12.0 Å². The van der Waals surface area contributed by atoms with Crippen molar-refractivity contribution in [1.29, 1.82) is 0 Å². The number of aliphatic carboxylic acids is 1. The van der Waals surface area contributed by atoms with Crippen LogP contribution in [-0.4, -0.2) is 31.7 Å². The normalized spacial score (nSPS) is 12.3. The monoisotopic (exact) mass is 262 g/mol. The fourth-order valence-corrected chi connectivity index (χ4v) is 2.33. The van der Waals surface area contributed by atoms with E-state index in [2.05, 4.69) is 0 Å². The first-order valence-electron chi connectivity index (χ1n) is 6.24. The predicted octanol–water partition coefficient (Wildman–Crippen LogP) is 0.766. The van der Waals surface area contributed by atoms with Crippen molar-refractivity contribution in [2.45, 2.75) is 40.2 Å². The zero-order valence-electron chi connectivity index (χ0n) is 12.2. The summed E-state index contributed by atoms with van der Waals surface area (Å²) in [5.41, 5.74) is 12.1. The Morgan fingerprint density at radius 1 is 1.21 bits per heavy atom. The molecule has 0 aliphatic heterocycles. The summed E-state index contributed by atoms with van der Waals surface area (Å²) in [5.74, 6) is -0.971. The Morgan fingerprint density at radius 2 is 1.68 bits per heavy atom. The lowest BCUT2D eigenvalue weighted by Gasteiger charge is -2.21. The summed E-state index contributed by atoms with van der Waals surface area (Å²) < 4.78 is 5.11. The number of benzene rings is 1. The van der Waals surface area contributed by atoms with E-state index in [1.54, 1.807) is 14.6 Å². The van der Waals surface area contributed by atoms with Gasteiger partial charge in [-0.15, -0.1) is 0 Å². The Hall–Kier alpha value is -1.33. The van der Waals surface area contributed by atoms with Gasteiger partial charge >= 0.3 is 13.5 Å². The first-order chi connectivity index (χ1) is 8.81. The smallest absolute Gasteiger partial charge is 0.330 e. The third kappa shape index (κ3) is 3.17. The van der Waals surface area contributed by atoms with Gasteiger partial charge in [-0.05, 0) is 56.3 Å². The van der Waals surface area contributed by atoms with Crippen LogP contribution in [0.1, 0.15) is 27.8 Å². The Kier molecular flexibility index (Phi) is 5.15. The summed E-state index contributed by atoms with van der Waals surface area (Å²) in [5, 5.41) is 8.95. The Labute approximate surface area is 115 Å².